The first-order chi connectivity index (χ1) is 10.0. The van der Waals surface area contributed by atoms with E-state index in [-0.39, 0.29) is 11.3 Å². The molecule has 2 rings (SSSR count). The molecule has 1 N–H and O–H groups in total. The molecule has 0 aliphatic rings. The molecule has 0 aliphatic heterocycles. The molecule has 5 heteroatoms. The zero-order valence-corrected chi connectivity index (χ0v) is 13.5. The van der Waals surface area contributed by atoms with Crippen molar-refractivity contribution in [2.75, 3.05) is 5.32 Å². The Kier molecular flexibility index (Phi) is 4.96. The van der Waals surface area contributed by atoms with Gasteiger partial charge in [-0.25, -0.2) is 4.79 Å². The molecule has 110 valence electrons. The third-order valence-electron chi connectivity index (χ3n) is 2.95. The summed E-state index contributed by atoms with van der Waals surface area (Å²) >= 11 is 3.37. The van der Waals surface area contributed by atoms with Crippen LogP contribution in [0.5, 0.6) is 0 Å². The molecule has 0 amide bonds. The fraction of sp³-hybridized carbons (Fsp3) is 0.250. The van der Waals surface area contributed by atoms with Gasteiger partial charge in [-0.15, -0.1) is 0 Å². The minimum absolute atomic E-state index is 0.0883. The fourth-order valence-corrected chi connectivity index (χ4v) is 2.28. The number of ketones is 1. The lowest BCUT2D eigenvalue weighted by atomic mass is 10.1. The highest BCUT2D eigenvalue weighted by molar-refractivity contribution is 9.10. The number of carbonyl (C=O) groups is 1. The summed E-state index contributed by atoms with van der Waals surface area (Å²) in [6.07, 6.45) is 1.01. The number of rotatable bonds is 5. The maximum Gasteiger partial charge on any atom is 0.348 e. The summed E-state index contributed by atoms with van der Waals surface area (Å²) in [6, 6.07) is 9.17. The van der Waals surface area contributed by atoms with E-state index in [1.165, 1.54) is 0 Å². The lowest BCUT2D eigenvalue weighted by Gasteiger charge is -2.11. The van der Waals surface area contributed by atoms with Crippen molar-refractivity contribution in [3.05, 3.63) is 56.5 Å². The standard InChI is InChI=1S/C16H16BrNO3/c1-3-4-14(19)15-13(9-10(2)21-16(15)20)18-12-7-5-11(17)6-8-12/h5-9,18H,3-4H2,1-2H3. The van der Waals surface area contributed by atoms with Crippen molar-refractivity contribution in [3.63, 3.8) is 0 Å². The van der Waals surface area contributed by atoms with Gasteiger partial charge in [-0.3, -0.25) is 4.79 Å². The highest BCUT2D eigenvalue weighted by atomic mass is 79.9. The summed E-state index contributed by atoms with van der Waals surface area (Å²) in [6.45, 7) is 3.58. The van der Waals surface area contributed by atoms with E-state index in [0.717, 1.165) is 10.2 Å². The molecule has 4 nitrogen and oxygen atoms in total. The van der Waals surface area contributed by atoms with Crippen LogP contribution in [0.2, 0.25) is 0 Å². The van der Waals surface area contributed by atoms with Crippen LogP contribution in [0.3, 0.4) is 0 Å². The number of anilines is 2. The van der Waals surface area contributed by atoms with Crippen LogP contribution in [0.25, 0.3) is 0 Å². The molecule has 0 fully saturated rings. The second-order valence-electron chi connectivity index (χ2n) is 4.74. The molecular formula is C16H16BrNO3. The number of aryl methyl sites for hydroxylation is 1. The van der Waals surface area contributed by atoms with Gasteiger partial charge in [0, 0.05) is 22.6 Å². The number of hydrogen-bond donors (Lipinski definition) is 1. The third kappa shape index (κ3) is 3.82. The van der Waals surface area contributed by atoms with Crippen molar-refractivity contribution in [2.45, 2.75) is 26.7 Å². The Hall–Kier alpha value is -1.88. The van der Waals surface area contributed by atoms with E-state index in [1.807, 2.05) is 31.2 Å². The van der Waals surface area contributed by atoms with Crippen LogP contribution < -0.4 is 10.9 Å². The van der Waals surface area contributed by atoms with E-state index in [1.54, 1.807) is 13.0 Å². The Morgan fingerprint density at radius 3 is 2.57 bits per heavy atom. The number of nitrogens with one attached hydrogen (secondary N) is 1. The van der Waals surface area contributed by atoms with Crippen molar-refractivity contribution in [1.29, 1.82) is 0 Å². The van der Waals surface area contributed by atoms with Crippen molar-refractivity contribution < 1.29 is 9.21 Å². The van der Waals surface area contributed by atoms with Gasteiger partial charge in [0.25, 0.3) is 0 Å². The Morgan fingerprint density at radius 2 is 1.95 bits per heavy atom. The summed E-state index contributed by atoms with van der Waals surface area (Å²) in [5.74, 6) is 0.263. The zero-order chi connectivity index (χ0) is 15.4. The Bertz CT molecular complexity index is 704. The summed E-state index contributed by atoms with van der Waals surface area (Å²) in [5, 5.41) is 3.12. The minimum atomic E-state index is -0.590. The SMILES string of the molecule is CCCC(=O)c1c(Nc2ccc(Br)cc2)cc(C)oc1=O. The molecule has 21 heavy (non-hydrogen) atoms. The topological polar surface area (TPSA) is 59.3 Å². The van der Waals surface area contributed by atoms with Gasteiger partial charge in [0.1, 0.15) is 11.3 Å². The summed E-state index contributed by atoms with van der Waals surface area (Å²) in [5.41, 5.74) is 0.789. The molecule has 1 aromatic carbocycles. The van der Waals surface area contributed by atoms with Gasteiger partial charge in [0.05, 0.1) is 5.69 Å². The normalized spacial score (nSPS) is 10.4. The number of carbonyl (C=O) groups excluding carboxylic acids is 1. The summed E-state index contributed by atoms with van der Waals surface area (Å²) in [4.78, 5) is 24.1. The van der Waals surface area contributed by atoms with E-state index in [4.69, 9.17) is 4.42 Å². The van der Waals surface area contributed by atoms with Crippen molar-refractivity contribution >= 4 is 33.1 Å². The maximum absolute atomic E-state index is 12.1. The number of halogens is 1. The average Bonchev–Trinajstić information content (AvgIpc) is 2.41. The predicted molar refractivity (Wildman–Crippen MR) is 86.4 cm³/mol. The largest absolute Gasteiger partial charge is 0.428 e. The maximum atomic E-state index is 12.1. The number of hydrogen-bond acceptors (Lipinski definition) is 4. The highest BCUT2D eigenvalue weighted by Gasteiger charge is 2.17. The molecule has 0 unspecified atom stereocenters. The second-order valence-corrected chi connectivity index (χ2v) is 5.65. The van der Waals surface area contributed by atoms with Gasteiger partial charge in [-0.05, 0) is 37.6 Å². The van der Waals surface area contributed by atoms with Crippen LogP contribution in [0.1, 0.15) is 35.9 Å². The molecule has 1 heterocycles. The van der Waals surface area contributed by atoms with Gasteiger partial charge in [-0.2, -0.15) is 0 Å². The lowest BCUT2D eigenvalue weighted by molar-refractivity contribution is 0.0978. The molecule has 2 aromatic rings. The summed E-state index contributed by atoms with van der Waals surface area (Å²) in [7, 11) is 0. The van der Waals surface area contributed by atoms with Crippen LogP contribution in [0.4, 0.5) is 11.4 Å². The monoisotopic (exact) mass is 349 g/mol. The van der Waals surface area contributed by atoms with E-state index in [2.05, 4.69) is 21.2 Å². The molecule has 0 atom stereocenters. The van der Waals surface area contributed by atoms with Crippen LogP contribution in [-0.2, 0) is 0 Å². The lowest BCUT2D eigenvalue weighted by Crippen LogP contribution is -2.17. The first-order valence-electron chi connectivity index (χ1n) is 6.71. The van der Waals surface area contributed by atoms with Crippen LogP contribution in [0.15, 0.2) is 44.0 Å². The van der Waals surface area contributed by atoms with E-state index in [0.29, 0.717) is 24.3 Å². The smallest absolute Gasteiger partial charge is 0.348 e. The molecular weight excluding hydrogens is 334 g/mol. The van der Waals surface area contributed by atoms with E-state index >= 15 is 0 Å². The third-order valence-corrected chi connectivity index (χ3v) is 3.48. The minimum Gasteiger partial charge on any atom is -0.428 e. The highest BCUT2D eigenvalue weighted by Crippen LogP contribution is 2.23. The molecule has 0 radical (unpaired) electrons. The van der Waals surface area contributed by atoms with Crippen molar-refractivity contribution in [3.8, 4) is 0 Å². The van der Waals surface area contributed by atoms with Gasteiger partial charge >= 0.3 is 5.63 Å². The van der Waals surface area contributed by atoms with Gasteiger partial charge in [0.15, 0.2) is 5.78 Å². The molecule has 1 aromatic heterocycles. The van der Waals surface area contributed by atoms with Gasteiger partial charge in [-0.1, -0.05) is 22.9 Å². The molecule has 0 aliphatic carbocycles. The predicted octanol–water partition coefficient (Wildman–Crippen LogP) is 4.44. The van der Waals surface area contributed by atoms with Crippen molar-refractivity contribution in [1.82, 2.24) is 0 Å². The fourth-order valence-electron chi connectivity index (χ4n) is 2.02. The Morgan fingerprint density at radius 1 is 1.29 bits per heavy atom. The average molecular weight is 350 g/mol. The molecule has 0 saturated carbocycles. The van der Waals surface area contributed by atoms with Crippen LogP contribution in [-0.4, -0.2) is 5.78 Å². The van der Waals surface area contributed by atoms with Crippen LogP contribution in [0, 0.1) is 6.92 Å². The van der Waals surface area contributed by atoms with E-state index in [9.17, 15) is 9.59 Å². The quantitative estimate of drug-likeness (QED) is 0.810. The first-order valence-corrected chi connectivity index (χ1v) is 7.51. The zero-order valence-electron chi connectivity index (χ0n) is 11.9. The Balaban J connectivity index is 2.44. The summed E-state index contributed by atoms with van der Waals surface area (Å²) < 4.78 is 6.01. The Labute approximate surface area is 131 Å². The number of benzene rings is 1. The molecule has 0 bridgehead atoms. The van der Waals surface area contributed by atoms with Crippen molar-refractivity contribution in [2.24, 2.45) is 0 Å². The van der Waals surface area contributed by atoms with Gasteiger partial charge < -0.3 is 9.73 Å². The first kappa shape index (κ1) is 15.5. The number of Topliss-reactive ketones (excluding diaryl/α,β-unsaturated/α-hetero) is 1. The molecule has 0 saturated heterocycles. The second kappa shape index (κ2) is 6.72. The molecule has 0 spiro atoms. The van der Waals surface area contributed by atoms with Gasteiger partial charge in [0.2, 0.25) is 0 Å². The van der Waals surface area contributed by atoms with E-state index < -0.39 is 5.63 Å². The van der Waals surface area contributed by atoms with Crippen LogP contribution >= 0.6 is 15.9 Å².